The average Bonchev–Trinajstić information content (AvgIpc) is 2.95. The second-order valence-corrected chi connectivity index (χ2v) is 8.29. The Morgan fingerprint density at radius 2 is 2.04 bits per heavy atom. The number of thiol groups is 1. The van der Waals surface area contributed by atoms with Gasteiger partial charge in [-0.2, -0.15) is 12.6 Å². The average molecular weight is 347 g/mol. The molecule has 2 bridgehead atoms. The van der Waals surface area contributed by atoms with Crippen molar-refractivity contribution in [2.45, 2.75) is 52.1 Å². The predicted octanol–water partition coefficient (Wildman–Crippen LogP) is 5.13. The van der Waals surface area contributed by atoms with Crippen molar-refractivity contribution < 1.29 is 9.53 Å². The van der Waals surface area contributed by atoms with E-state index >= 15 is 0 Å². The van der Waals surface area contributed by atoms with Crippen molar-refractivity contribution in [3.8, 4) is 0 Å². The number of ether oxygens (including phenoxy) is 1. The van der Waals surface area contributed by atoms with E-state index in [0.29, 0.717) is 24.9 Å². The van der Waals surface area contributed by atoms with Crippen LogP contribution < -0.4 is 0 Å². The summed E-state index contributed by atoms with van der Waals surface area (Å²) in [6.07, 6.45) is 7.26. The summed E-state index contributed by atoms with van der Waals surface area (Å²) in [5.41, 5.74) is 1.06. The third-order valence-electron chi connectivity index (χ3n) is 6.27. The first-order valence-electron chi connectivity index (χ1n) is 9.47. The zero-order valence-electron chi connectivity index (χ0n) is 14.7. The number of carbonyl (C=O) groups is 1. The van der Waals surface area contributed by atoms with Crippen LogP contribution in [0.1, 0.15) is 51.0 Å². The van der Waals surface area contributed by atoms with Crippen LogP contribution in [0.15, 0.2) is 30.3 Å². The molecule has 2 aliphatic carbocycles. The van der Waals surface area contributed by atoms with Crippen LogP contribution in [0.2, 0.25) is 0 Å². The fraction of sp³-hybridized carbons (Fsp3) is 0.667. The highest BCUT2D eigenvalue weighted by atomic mass is 32.1. The number of fused-ring (bicyclic) bond motifs is 2. The molecule has 0 amide bonds. The Balaban J connectivity index is 1.50. The van der Waals surface area contributed by atoms with Crippen molar-refractivity contribution in [1.29, 1.82) is 0 Å². The zero-order valence-corrected chi connectivity index (χ0v) is 15.6. The summed E-state index contributed by atoms with van der Waals surface area (Å²) in [5, 5.41) is 0. The summed E-state index contributed by atoms with van der Waals surface area (Å²) in [5.74, 6) is 4.63. The van der Waals surface area contributed by atoms with Crippen molar-refractivity contribution in [3.05, 3.63) is 35.9 Å². The van der Waals surface area contributed by atoms with Crippen LogP contribution in [0, 0.1) is 29.6 Å². The van der Waals surface area contributed by atoms with Crippen LogP contribution in [0.3, 0.4) is 0 Å². The van der Waals surface area contributed by atoms with Gasteiger partial charge < -0.3 is 4.74 Å². The van der Waals surface area contributed by atoms with Gasteiger partial charge in [0.25, 0.3) is 0 Å². The first-order valence-corrected chi connectivity index (χ1v) is 10.1. The number of hydrogen-bond donors (Lipinski definition) is 1. The Morgan fingerprint density at radius 1 is 1.25 bits per heavy atom. The number of rotatable bonds is 7. The number of carbonyl (C=O) groups excluding carboxylic acids is 1. The fourth-order valence-electron chi connectivity index (χ4n) is 5.05. The molecule has 5 unspecified atom stereocenters. The van der Waals surface area contributed by atoms with Gasteiger partial charge in [-0.3, -0.25) is 4.79 Å². The van der Waals surface area contributed by atoms with Gasteiger partial charge in [0.2, 0.25) is 0 Å². The molecule has 2 saturated carbocycles. The lowest BCUT2D eigenvalue weighted by molar-refractivity contribution is -0.146. The van der Waals surface area contributed by atoms with Crippen LogP contribution in [-0.4, -0.2) is 11.7 Å². The molecule has 5 atom stereocenters. The first-order chi connectivity index (χ1) is 11.7. The lowest BCUT2D eigenvalue weighted by Gasteiger charge is -2.33. The largest absolute Gasteiger partial charge is 0.461 e. The van der Waals surface area contributed by atoms with Gasteiger partial charge >= 0.3 is 5.97 Å². The van der Waals surface area contributed by atoms with E-state index in [-0.39, 0.29) is 5.97 Å². The van der Waals surface area contributed by atoms with E-state index in [0.717, 1.165) is 29.1 Å². The van der Waals surface area contributed by atoms with Gasteiger partial charge in [0.05, 0.1) is 0 Å². The maximum absolute atomic E-state index is 12.2. The summed E-state index contributed by atoms with van der Waals surface area (Å²) in [4.78, 5) is 12.2. The van der Waals surface area contributed by atoms with E-state index in [1.807, 2.05) is 30.3 Å². The molecule has 132 valence electrons. The second kappa shape index (κ2) is 8.42. The monoisotopic (exact) mass is 346 g/mol. The normalized spacial score (nSPS) is 30.1. The minimum atomic E-state index is -0.0430. The van der Waals surface area contributed by atoms with E-state index in [9.17, 15) is 4.79 Å². The molecule has 2 aliphatic rings. The highest BCUT2D eigenvalue weighted by Crippen LogP contribution is 2.52. The third-order valence-corrected chi connectivity index (χ3v) is 6.53. The van der Waals surface area contributed by atoms with Gasteiger partial charge in [-0.1, -0.05) is 43.7 Å². The quantitative estimate of drug-likeness (QED) is 0.547. The Kier molecular flexibility index (Phi) is 6.26. The molecule has 1 aromatic rings. The van der Waals surface area contributed by atoms with E-state index in [2.05, 4.69) is 19.6 Å². The summed E-state index contributed by atoms with van der Waals surface area (Å²) < 4.78 is 5.49. The molecule has 3 rings (SSSR count). The molecular formula is C21H30O2S. The van der Waals surface area contributed by atoms with Crippen LogP contribution in [0.4, 0.5) is 0 Å². The molecule has 0 heterocycles. The Labute approximate surface area is 151 Å². The molecule has 0 aliphatic heterocycles. The molecule has 2 nitrogen and oxygen atoms in total. The second-order valence-electron chi connectivity index (χ2n) is 7.84. The topological polar surface area (TPSA) is 26.3 Å². The van der Waals surface area contributed by atoms with E-state index in [4.69, 9.17) is 4.74 Å². The molecule has 2 fully saturated rings. The molecule has 0 N–H and O–H groups in total. The highest BCUT2D eigenvalue weighted by molar-refractivity contribution is 7.80. The predicted molar refractivity (Wildman–Crippen MR) is 101 cm³/mol. The SMILES string of the molecule is CC(CC(=O)OCc1ccccc1)C1CC2CCC(CCS)C1C2. The van der Waals surface area contributed by atoms with Gasteiger partial charge in [-0.05, 0) is 66.6 Å². The Morgan fingerprint density at radius 3 is 2.79 bits per heavy atom. The van der Waals surface area contributed by atoms with Gasteiger partial charge in [0.15, 0.2) is 0 Å². The van der Waals surface area contributed by atoms with E-state index in [1.54, 1.807) is 0 Å². The highest BCUT2D eigenvalue weighted by Gasteiger charge is 2.44. The number of benzene rings is 1. The molecule has 0 radical (unpaired) electrons. The Hall–Kier alpha value is -0.960. The number of esters is 1. The number of hydrogen-bond acceptors (Lipinski definition) is 3. The van der Waals surface area contributed by atoms with Gasteiger partial charge in [0, 0.05) is 6.42 Å². The summed E-state index contributed by atoms with van der Waals surface area (Å²) in [7, 11) is 0. The van der Waals surface area contributed by atoms with Crippen molar-refractivity contribution >= 4 is 18.6 Å². The maximum Gasteiger partial charge on any atom is 0.306 e. The Bertz CT molecular complexity index is 530. The lowest BCUT2D eigenvalue weighted by Crippen LogP contribution is -2.26. The van der Waals surface area contributed by atoms with Gasteiger partial charge in [0.1, 0.15) is 6.61 Å². The van der Waals surface area contributed by atoms with Crippen molar-refractivity contribution in [2.24, 2.45) is 29.6 Å². The maximum atomic E-state index is 12.2. The third kappa shape index (κ3) is 4.36. The summed E-state index contributed by atoms with van der Waals surface area (Å²) >= 11 is 4.45. The smallest absolute Gasteiger partial charge is 0.306 e. The lowest BCUT2D eigenvalue weighted by atomic mass is 9.73. The van der Waals surface area contributed by atoms with E-state index < -0.39 is 0 Å². The summed E-state index contributed by atoms with van der Waals surface area (Å²) in [6.45, 7) is 2.65. The van der Waals surface area contributed by atoms with Crippen molar-refractivity contribution in [1.82, 2.24) is 0 Å². The molecular weight excluding hydrogens is 316 g/mol. The minimum Gasteiger partial charge on any atom is -0.461 e. The molecule has 3 heteroatoms. The molecule has 1 aromatic carbocycles. The zero-order chi connectivity index (χ0) is 16.9. The fourth-order valence-corrected chi connectivity index (χ4v) is 5.38. The van der Waals surface area contributed by atoms with Crippen LogP contribution in [-0.2, 0) is 16.1 Å². The standard InChI is InChI=1S/C21H30O2S/c1-15(11-21(22)23-14-16-5-3-2-4-6-16)19-12-17-7-8-18(9-10-24)20(19)13-17/h2-6,15,17-20,24H,7-14H2,1H3. The first kappa shape index (κ1) is 17.8. The van der Waals surface area contributed by atoms with E-state index in [1.165, 1.54) is 32.1 Å². The van der Waals surface area contributed by atoms with Crippen LogP contribution >= 0.6 is 12.6 Å². The van der Waals surface area contributed by atoms with Gasteiger partial charge in [-0.15, -0.1) is 0 Å². The molecule has 24 heavy (non-hydrogen) atoms. The summed E-state index contributed by atoms with van der Waals surface area (Å²) in [6, 6.07) is 9.93. The van der Waals surface area contributed by atoms with Crippen LogP contribution in [0.5, 0.6) is 0 Å². The van der Waals surface area contributed by atoms with Crippen LogP contribution in [0.25, 0.3) is 0 Å². The molecule has 0 aromatic heterocycles. The van der Waals surface area contributed by atoms with Gasteiger partial charge in [-0.25, -0.2) is 0 Å². The van der Waals surface area contributed by atoms with Crippen molar-refractivity contribution in [3.63, 3.8) is 0 Å². The molecule has 0 spiro atoms. The van der Waals surface area contributed by atoms with Crippen molar-refractivity contribution in [2.75, 3.05) is 5.75 Å². The molecule has 0 saturated heterocycles. The minimum absolute atomic E-state index is 0.0430.